The number of hydrogen-bond acceptors (Lipinski definition) is 3. The molecule has 0 bridgehead atoms. The SMILES string of the molecule is CC(=O)c1cccc(OCC(=O)N2CCc3ccc(Br)cc32)c1. The second kappa shape index (κ2) is 6.54. The van der Waals surface area contributed by atoms with Gasteiger partial charge in [-0.2, -0.15) is 0 Å². The molecule has 118 valence electrons. The van der Waals surface area contributed by atoms with E-state index < -0.39 is 0 Å². The summed E-state index contributed by atoms with van der Waals surface area (Å²) in [5.41, 5.74) is 2.68. The molecule has 23 heavy (non-hydrogen) atoms. The molecule has 0 atom stereocenters. The number of nitrogens with zero attached hydrogens (tertiary/aromatic N) is 1. The molecule has 0 unspecified atom stereocenters. The summed E-state index contributed by atoms with van der Waals surface area (Å²) in [6.45, 7) is 2.12. The molecule has 0 radical (unpaired) electrons. The van der Waals surface area contributed by atoms with Gasteiger partial charge in [-0.05, 0) is 43.2 Å². The number of Topliss-reactive ketones (excluding diaryl/α,β-unsaturated/α-hetero) is 1. The Hall–Kier alpha value is -2.14. The number of benzene rings is 2. The van der Waals surface area contributed by atoms with Crippen LogP contribution < -0.4 is 9.64 Å². The van der Waals surface area contributed by atoms with Gasteiger partial charge in [0.15, 0.2) is 12.4 Å². The molecule has 0 aromatic heterocycles. The van der Waals surface area contributed by atoms with Gasteiger partial charge in [0.2, 0.25) is 0 Å². The highest BCUT2D eigenvalue weighted by molar-refractivity contribution is 9.10. The minimum atomic E-state index is -0.0879. The first-order chi connectivity index (χ1) is 11.0. The van der Waals surface area contributed by atoms with Crippen molar-refractivity contribution >= 4 is 33.3 Å². The average Bonchev–Trinajstić information content (AvgIpc) is 2.96. The van der Waals surface area contributed by atoms with Gasteiger partial charge in [-0.25, -0.2) is 0 Å². The molecule has 0 spiro atoms. The molecular formula is C18H16BrNO3. The number of halogens is 1. The van der Waals surface area contributed by atoms with Crippen molar-refractivity contribution in [2.75, 3.05) is 18.1 Å². The van der Waals surface area contributed by atoms with Crippen LogP contribution in [0.15, 0.2) is 46.9 Å². The maximum Gasteiger partial charge on any atom is 0.264 e. The molecular weight excluding hydrogens is 358 g/mol. The van der Waals surface area contributed by atoms with Crippen LogP contribution in [0.25, 0.3) is 0 Å². The van der Waals surface area contributed by atoms with Gasteiger partial charge in [-0.3, -0.25) is 9.59 Å². The molecule has 0 saturated carbocycles. The summed E-state index contributed by atoms with van der Waals surface area (Å²) in [6.07, 6.45) is 0.855. The lowest BCUT2D eigenvalue weighted by Gasteiger charge is -2.18. The smallest absolute Gasteiger partial charge is 0.264 e. The van der Waals surface area contributed by atoms with Gasteiger partial charge in [-0.15, -0.1) is 0 Å². The highest BCUT2D eigenvalue weighted by Gasteiger charge is 2.25. The van der Waals surface area contributed by atoms with E-state index in [2.05, 4.69) is 15.9 Å². The predicted octanol–water partition coefficient (Wildman–Crippen LogP) is 3.62. The van der Waals surface area contributed by atoms with Crippen LogP contribution in [0.2, 0.25) is 0 Å². The Balaban J connectivity index is 1.68. The second-order valence-corrected chi connectivity index (χ2v) is 6.36. The zero-order chi connectivity index (χ0) is 16.4. The molecule has 0 N–H and O–H groups in total. The number of fused-ring (bicyclic) bond motifs is 1. The first-order valence-electron chi connectivity index (χ1n) is 7.37. The van der Waals surface area contributed by atoms with Gasteiger partial charge < -0.3 is 9.64 Å². The number of rotatable bonds is 4. The van der Waals surface area contributed by atoms with Crippen LogP contribution in [0.1, 0.15) is 22.8 Å². The number of ether oxygens (including phenoxy) is 1. The first-order valence-corrected chi connectivity index (χ1v) is 8.16. The number of hydrogen-bond donors (Lipinski definition) is 0. The third-order valence-electron chi connectivity index (χ3n) is 3.85. The van der Waals surface area contributed by atoms with E-state index in [1.165, 1.54) is 12.5 Å². The largest absolute Gasteiger partial charge is 0.484 e. The summed E-state index contributed by atoms with van der Waals surface area (Å²) in [7, 11) is 0. The van der Waals surface area contributed by atoms with Crippen LogP contribution in [0.3, 0.4) is 0 Å². The van der Waals surface area contributed by atoms with E-state index in [-0.39, 0.29) is 18.3 Å². The van der Waals surface area contributed by atoms with Crippen LogP contribution >= 0.6 is 15.9 Å². The van der Waals surface area contributed by atoms with Gasteiger partial charge >= 0.3 is 0 Å². The van der Waals surface area contributed by atoms with Crippen molar-refractivity contribution in [3.63, 3.8) is 0 Å². The van der Waals surface area contributed by atoms with Crippen molar-refractivity contribution in [3.8, 4) is 5.75 Å². The van der Waals surface area contributed by atoms with Crippen molar-refractivity contribution < 1.29 is 14.3 Å². The molecule has 3 rings (SSSR count). The summed E-state index contributed by atoms with van der Waals surface area (Å²) in [5.74, 6) is 0.412. The minimum absolute atomic E-state index is 0.0277. The normalized spacial score (nSPS) is 12.9. The van der Waals surface area contributed by atoms with Gasteiger partial charge in [0.1, 0.15) is 5.75 Å². The Kier molecular flexibility index (Phi) is 4.48. The van der Waals surface area contributed by atoms with Crippen molar-refractivity contribution in [3.05, 3.63) is 58.1 Å². The zero-order valence-electron chi connectivity index (χ0n) is 12.7. The number of ketones is 1. The number of carbonyl (C=O) groups excluding carboxylic acids is 2. The van der Waals surface area contributed by atoms with E-state index in [4.69, 9.17) is 4.74 Å². The third-order valence-corrected chi connectivity index (χ3v) is 4.34. The lowest BCUT2D eigenvalue weighted by Crippen LogP contribution is -2.33. The number of carbonyl (C=O) groups is 2. The fraction of sp³-hybridized carbons (Fsp3) is 0.222. The van der Waals surface area contributed by atoms with E-state index in [1.54, 1.807) is 29.2 Å². The highest BCUT2D eigenvalue weighted by Crippen LogP contribution is 2.31. The van der Waals surface area contributed by atoms with E-state index in [0.717, 1.165) is 16.6 Å². The molecule has 0 aliphatic carbocycles. The quantitative estimate of drug-likeness (QED) is 0.768. The van der Waals surface area contributed by atoms with Crippen LogP contribution in [0.4, 0.5) is 5.69 Å². The average molecular weight is 374 g/mol. The Morgan fingerprint density at radius 2 is 2.04 bits per heavy atom. The van der Waals surface area contributed by atoms with Crippen LogP contribution in [-0.4, -0.2) is 24.8 Å². The second-order valence-electron chi connectivity index (χ2n) is 5.44. The maximum atomic E-state index is 12.4. The van der Waals surface area contributed by atoms with Gasteiger partial charge in [0.25, 0.3) is 5.91 Å². The Morgan fingerprint density at radius 1 is 1.22 bits per heavy atom. The van der Waals surface area contributed by atoms with Gasteiger partial charge in [0, 0.05) is 22.3 Å². The summed E-state index contributed by atoms with van der Waals surface area (Å²) in [4.78, 5) is 25.6. The topological polar surface area (TPSA) is 46.6 Å². The molecule has 2 aromatic carbocycles. The fourth-order valence-electron chi connectivity index (χ4n) is 2.64. The van der Waals surface area contributed by atoms with E-state index in [0.29, 0.717) is 17.9 Å². The van der Waals surface area contributed by atoms with E-state index >= 15 is 0 Å². The maximum absolute atomic E-state index is 12.4. The predicted molar refractivity (Wildman–Crippen MR) is 92.1 cm³/mol. The Morgan fingerprint density at radius 3 is 2.83 bits per heavy atom. The summed E-state index contributed by atoms with van der Waals surface area (Å²) in [5, 5.41) is 0. The summed E-state index contributed by atoms with van der Waals surface area (Å²) >= 11 is 3.44. The molecule has 0 saturated heterocycles. The molecule has 0 fully saturated rings. The molecule has 1 aliphatic rings. The lowest BCUT2D eigenvalue weighted by molar-refractivity contribution is -0.120. The standard InChI is InChI=1S/C18H16BrNO3/c1-12(21)14-3-2-4-16(9-14)23-11-18(22)20-8-7-13-5-6-15(19)10-17(13)20/h2-6,9-10H,7-8,11H2,1H3. The lowest BCUT2D eigenvalue weighted by atomic mass is 10.1. The highest BCUT2D eigenvalue weighted by atomic mass is 79.9. The first kappa shape index (κ1) is 15.7. The Bertz CT molecular complexity index is 773. The molecule has 5 heteroatoms. The van der Waals surface area contributed by atoms with Crippen molar-refractivity contribution in [2.24, 2.45) is 0 Å². The van der Waals surface area contributed by atoms with Gasteiger partial charge in [-0.1, -0.05) is 34.1 Å². The number of anilines is 1. The Labute approximate surface area is 143 Å². The molecule has 1 amide bonds. The van der Waals surface area contributed by atoms with Crippen molar-refractivity contribution in [2.45, 2.75) is 13.3 Å². The summed E-state index contributed by atoms with van der Waals surface area (Å²) < 4.78 is 6.51. The molecule has 1 heterocycles. The van der Waals surface area contributed by atoms with Crippen molar-refractivity contribution in [1.82, 2.24) is 0 Å². The van der Waals surface area contributed by atoms with Crippen LogP contribution in [0.5, 0.6) is 5.75 Å². The number of amides is 1. The monoisotopic (exact) mass is 373 g/mol. The molecule has 4 nitrogen and oxygen atoms in total. The molecule has 2 aromatic rings. The van der Waals surface area contributed by atoms with E-state index in [1.807, 2.05) is 18.2 Å². The van der Waals surface area contributed by atoms with Crippen LogP contribution in [0, 0.1) is 0 Å². The summed E-state index contributed by atoms with van der Waals surface area (Å²) in [6, 6.07) is 12.8. The third kappa shape index (κ3) is 3.45. The fourth-order valence-corrected chi connectivity index (χ4v) is 2.99. The zero-order valence-corrected chi connectivity index (χ0v) is 14.3. The minimum Gasteiger partial charge on any atom is -0.484 e. The molecule has 1 aliphatic heterocycles. The van der Waals surface area contributed by atoms with Crippen LogP contribution in [-0.2, 0) is 11.2 Å². The van der Waals surface area contributed by atoms with Crippen molar-refractivity contribution in [1.29, 1.82) is 0 Å². The van der Waals surface area contributed by atoms with Gasteiger partial charge in [0.05, 0.1) is 0 Å². The van der Waals surface area contributed by atoms with E-state index in [9.17, 15) is 9.59 Å².